The van der Waals surface area contributed by atoms with E-state index in [1.54, 1.807) is 25.1 Å². The summed E-state index contributed by atoms with van der Waals surface area (Å²) in [5.41, 5.74) is 0.0201. The topological polar surface area (TPSA) is 108 Å². The lowest BCUT2D eigenvalue weighted by Crippen LogP contribution is -2.43. The standard InChI is InChI=1S/C18H24ClN3O4/c1-5-6-7-14(16(24)25)21-15(23)12-10-11(8-9-13(12)19)20-17(26)22-18(2,3)4/h5-6,8-10,14H,7H2,1-4H3,(H,21,23)(H,24,25)(H2,20,22,26)/b6-5+. The maximum absolute atomic E-state index is 12.4. The molecule has 1 atom stereocenters. The Labute approximate surface area is 157 Å². The molecule has 0 aliphatic carbocycles. The normalized spacial score (nSPS) is 12.5. The number of benzene rings is 1. The Morgan fingerprint density at radius 3 is 2.46 bits per heavy atom. The second kappa shape index (κ2) is 9.24. The van der Waals surface area contributed by atoms with Gasteiger partial charge in [-0.1, -0.05) is 23.8 Å². The molecule has 1 unspecified atom stereocenters. The molecule has 0 spiro atoms. The minimum Gasteiger partial charge on any atom is -0.480 e. The van der Waals surface area contributed by atoms with E-state index in [4.69, 9.17) is 11.6 Å². The maximum Gasteiger partial charge on any atom is 0.326 e. The minimum absolute atomic E-state index is 0.0759. The van der Waals surface area contributed by atoms with Crippen LogP contribution in [0.2, 0.25) is 5.02 Å². The number of rotatable bonds is 6. The molecule has 0 saturated heterocycles. The Balaban J connectivity index is 2.93. The van der Waals surface area contributed by atoms with E-state index in [-0.39, 0.29) is 17.0 Å². The molecule has 26 heavy (non-hydrogen) atoms. The summed E-state index contributed by atoms with van der Waals surface area (Å²) >= 11 is 6.05. The van der Waals surface area contributed by atoms with Gasteiger partial charge in [0.1, 0.15) is 6.04 Å². The van der Waals surface area contributed by atoms with Gasteiger partial charge in [0.25, 0.3) is 5.91 Å². The van der Waals surface area contributed by atoms with Gasteiger partial charge in [-0.15, -0.1) is 0 Å². The zero-order valence-electron chi connectivity index (χ0n) is 15.2. The van der Waals surface area contributed by atoms with Crippen molar-refractivity contribution in [1.29, 1.82) is 0 Å². The molecule has 0 aliphatic rings. The molecule has 0 fully saturated rings. The number of carboxylic acid groups (broad SMARTS) is 1. The van der Waals surface area contributed by atoms with Crippen molar-refractivity contribution < 1.29 is 19.5 Å². The molecule has 0 aliphatic heterocycles. The Bertz CT molecular complexity index is 711. The quantitative estimate of drug-likeness (QED) is 0.566. The molecule has 0 heterocycles. The van der Waals surface area contributed by atoms with Crippen LogP contribution in [0.25, 0.3) is 0 Å². The van der Waals surface area contributed by atoms with Gasteiger partial charge in [0.05, 0.1) is 10.6 Å². The van der Waals surface area contributed by atoms with Crippen LogP contribution in [0, 0.1) is 0 Å². The van der Waals surface area contributed by atoms with Gasteiger partial charge < -0.3 is 21.1 Å². The van der Waals surface area contributed by atoms with Crippen LogP contribution < -0.4 is 16.0 Å². The fraction of sp³-hybridized carbons (Fsp3) is 0.389. The third kappa shape index (κ3) is 7.14. The van der Waals surface area contributed by atoms with Crippen LogP contribution in [-0.4, -0.2) is 34.6 Å². The number of hydrogen-bond donors (Lipinski definition) is 4. The van der Waals surface area contributed by atoms with Gasteiger partial charge in [0, 0.05) is 11.2 Å². The smallest absolute Gasteiger partial charge is 0.326 e. The monoisotopic (exact) mass is 381 g/mol. The molecule has 0 saturated carbocycles. The number of aliphatic carboxylic acids is 1. The van der Waals surface area contributed by atoms with E-state index in [0.717, 1.165) is 0 Å². The number of carbonyl (C=O) groups is 3. The fourth-order valence-electron chi connectivity index (χ4n) is 2.01. The largest absolute Gasteiger partial charge is 0.480 e. The molecule has 1 rings (SSSR count). The Hall–Kier alpha value is -2.54. The first-order valence-corrected chi connectivity index (χ1v) is 8.45. The molecule has 1 aromatic carbocycles. The van der Waals surface area contributed by atoms with Crippen LogP contribution in [0.4, 0.5) is 10.5 Å². The lowest BCUT2D eigenvalue weighted by Gasteiger charge is -2.21. The van der Waals surface area contributed by atoms with Gasteiger partial charge >= 0.3 is 12.0 Å². The van der Waals surface area contributed by atoms with Crippen LogP contribution >= 0.6 is 11.6 Å². The molecule has 4 N–H and O–H groups in total. The van der Waals surface area contributed by atoms with E-state index in [0.29, 0.717) is 5.69 Å². The Kier molecular flexibility index (Phi) is 7.64. The lowest BCUT2D eigenvalue weighted by molar-refractivity contribution is -0.139. The zero-order chi connectivity index (χ0) is 19.9. The van der Waals surface area contributed by atoms with Gasteiger partial charge in [-0.2, -0.15) is 0 Å². The van der Waals surface area contributed by atoms with Crippen LogP contribution in [0.1, 0.15) is 44.5 Å². The predicted octanol–water partition coefficient (Wildman–Crippen LogP) is 3.41. The number of nitrogens with one attached hydrogen (secondary N) is 3. The summed E-state index contributed by atoms with van der Waals surface area (Å²) in [5, 5.41) is 17.1. The van der Waals surface area contributed by atoms with Crippen molar-refractivity contribution in [1.82, 2.24) is 10.6 Å². The SMILES string of the molecule is C/C=C/CC(NC(=O)c1cc(NC(=O)NC(C)(C)C)ccc1Cl)C(=O)O. The number of anilines is 1. The average molecular weight is 382 g/mol. The van der Waals surface area contributed by atoms with Crippen molar-refractivity contribution in [2.75, 3.05) is 5.32 Å². The van der Waals surface area contributed by atoms with Crippen LogP contribution in [-0.2, 0) is 4.79 Å². The first kappa shape index (κ1) is 21.5. The highest BCUT2D eigenvalue weighted by Gasteiger charge is 2.21. The summed E-state index contributed by atoms with van der Waals surface area (Å²) in [6.07, 6.45) is 3.50. The number of carbonyl (C=O) groups excluding carboxylic acids is 2. The summed E-state index contributed by atoms with van der Waals surface area (Å²) in [4.78, 5) is 35.6. The number of amides is 3. The number of allylic oxidation sites excluding steroid dienone is 1. The lowest BCUT2D eigenvalue weighted by atomic mass is 10.1. The third-order valence-electron chi connectivity index (χ3n) is 3.17. The molecule has 7 nitrogen and oxygen atoms in total. The molecule has 3 amide bonds. The van der Waals surface area contributed by atoms with Gasteiger partial charge in [-0.25, -0.2) is 9.59 Å². The van der Waals surface area contributed by atoms with E-state index < -0.39 is 29.5 Å². The number of hydrogen-bond acceptors (Lipinski definition) is 3. The molecule has 1 aromatic rings. The molecule has 8 heteroatoms. The van der Waals surface area contributed by atoms with Crippen molar-refractivity contribution in [3.8, 4) is 0 Å². The van der Waals surface area contributed by atoms with Gasteiger partial charge in [0.15, 0.2) is 0 Å². The van der Waals surface area contributed by atoms with E-state index in [1.165, 1.54) is 12.1 Å². The summed E-state index contributed by atoms with van der Waals surface area (Å²) in [7, 11) is 0. The fourth-order valence-corrected chi connectivity index (χ4v) is 2.21. The first-order valence-electron chi connectivity index (χ1n) is 8.07. The van der Waals surface area contributed by atoms with Crippen molar-refractivity contribution in [3.63, 3.8) is 0 Å². The molecular formula is C18H24ClN3O4. The van der Waals surface area contributed by atoms with Crippen LogP contribution in [0.3, 0.4) is 0 Å². The first-order chi connectivity index (χ1) is 12.0. The maximum atomic E-state index is 12.4. The Morgan fingerprint density at radius 2 is 1.92 bits per heavy atom. The highest BCUT2D eigenvalue weighted by molar-refractivity contribution is 6.34. The zero-order valence-corrected chi connectivity index (χ0v) is 16.0. The van der Waals surface area contributed by atoms with E-state index in [1.807, 2.05) is 20.8 Å². The van der Waals surface area contributed by atoms with Crippen molar-refractivity contribution >= 4 is 35.2 Å². The van der Waals surface area contributed by atoms with Crippen LogP contribution in [0.15, 0.2) is 30.4 Å². The summed E-state index contributed by atoms with van der Waals surface area (Å²) in [5.74, 6) is -1.78. The molecular weight excluding hydrogens is 358 g/mol. The summed E-state index contributed by atoms with van der Waals surface area (Å²) in [6, 6.07) is 2.91. The number of urea groups is 1. The molecule has 142 valence electrons. The van der Waals surface area contributed by atoms with Crippen molar-refractivity contribution in [2.45, 2.75) is 45.7 Å². The van der Waals surface area contributed by atoms with E-state index in [2.05, 4.69) is 16.0 Å². The summed E-state index contributed by atoms with van der Waals surface area (Å²) in [6.45, 7) is 7.27. The Morgan fingerprint density at radius 1 is 1.27 bits per heavy atom. The third-order valence-corrected chi connectivity index (χ3v) is 3.50. The number of carboxylic acids is 1. The van der Waals surface area contributed by atoms with E-state index >= 15 is 0 Å². The highest BCUT2D eigenvalue weighted by Crippen LogP contribution is 2.21. The number of halogens is 1. The molecule has 0 aromatic heterocycles. The second-order valence-electron chi connectivity index (χ2n) is 6.69. The molecule has 0 bridgehead atoms. The van der Waals surface area contributed by atoms with Crippen molar-refractivity contribution in [3.05, 3.63) is 40.9 Å². The van der Waals surface area contributed by atoms with Gasteiger partial charge in [0.2, 0.25) is 0 Å². The molecule has 0 radical (unpaired) electrons. The summed E-state index contributed by atoms with van der Waals surface area (Å²) < 4.78 is 0. The predicted molar refractivity (Wildman–Crippen MR) is 102 cm³/mol. The minimum atomic E-state index is -1.15. The van der Waals surface area contributed by atoms with E-state index in [9.17, 15) is 19.5 Å². The van der Waals surface area contributed by atoms with Crippen molar-refractivity contribution in [2.24, 2.45) is 0 Å². The van der Waals surface area contributed by atoms with Crippen LogP contribution in [0.5, 0.6) is 0 Å². The average Bonchev–Trinajstić information content (AvgIpc) is 2.50. The van der Waals surface area contributed by atoms with Gasteiger partial charge in [-0.3, -0.25) is 4.79 Å². The second-order valence-corrected chi connectivity index (χ2v) is 7.10. The van der Waals surface area contributed by atoms with Gasteiger partial charge in [-0.05, 0) is 52.3 Å². The highest BCUT2D eigenvalue weighted by atomic mass is 35.5.